The van der Waals surface area contributed by atoms with E-state index in [1.807, 2.05) is 19.2 Å². The first-order chi connectivity index (χ1) is 13.4. The first-order valence-electron chi connectivity index (χ1n) is 8.99. The average molecular weight is 379 g/mol. The summed E-state index contributed by atoms with van der Waals surface area (Å²) in [6.45, 7) is 4.36. The average Bonchev–Trinajstić information content (AvgIpc) is 2.90. The highest BCUT2D eigenvalue weighted by Crippen LogP contribution is 2.46. The van der Waals surface area contributed by atoms with Crippen LogP contribution >= 0.6 is 0 Å². The van der Waals surface area contributed by atoms with E-state index in [0.29, 0.717) is 17.1 Å². The Kier molecular flexibility index (Phi) is 5.40. The first-order valence-corrected chi connectivity index (χ1v) is 8.99. The van der Waals surface area contributed by atoms with Gasteiger partial charge < -0.3 is 14.4 Å². The third-order valence-electron chi connectivity index (χ3n) is 5.06. The second-order valence-electron chi connectivity index (χ2n) is 7.04. The summed E-state index contributed by atoms with van der Waals surface area (Å²) in [7, 11) is 5.12. The summed E-state index contributed by atoms with van der Waals surface area (Å²) in [5, 5.41) is 4.07. The fraction of sp³-hybridized carbons (Fsp3) is 0.273. The minimum Gasteiger partial charge on any atom is -0.493 e. The summed E-state index contributed by atoms with van der Waals surface area (Å²) < 4.78 is 10.4. The van der Waals surface area contributed by atoms with Crippen molar-refractivity contribution in [1.82, 2.24) is 5.43 Å². The van der Waals surface area contributed by atoms with Crippen molar-refractivity contribution < 1.29 is 14.3 Å². The minimum absolute atomic E-state index is 0.134. The predicted octanol–water partition coefficient (Wildman–Crippen LogP) is 3.73. The maximum Gasteiger partial charge on any atom is 0.271 e. The van der Waals surface area contributed by atoms with E-state index in [1.54, 1.807) is 31.5 Å². The Morgan fingerprint density at radius 3 is 2.50 bits per heavy atom. The van der Waals surface area contributed by atoms with Crippen molar-refractivity contribution in [2.24, 2.45) is 5.10 Å². The zero-order chi connectivity index (χ0) is 20.3. The molecule has 0 saturated heterocycles. The molecule has 1 N–H and O–H groups in total. The predicted molar refractivity (Wildman–Crippen MR) is 111 cm³/mol. The third kappa shape index (κ3) is 3.45. The van der Waals surface area contributed by atoms with Crippen LogP contribution in [0.2, 0.25) is 0 Å². The minimum atomic E-state index is -0.321. The fourth-order valence-corrected chi connectivity index (χ4v) is 3.55. The van der Waals surface area contributed by atoms with Gasteiger partial charge in [-0.2, -0.15) is 5.10 Å². The van der Waals surface area contributed by atoms with Crippen LogP contribution in [0.5, 0.6) is 11.5 Å². The molecule has 1 aliphatic rings. The number of hydrogen-bond acceptors (Lipinski definition) is 5. The Bertz CT molecular complexity index is 948. The van der Waals surface area contributed by atoms with E-state index in [1.165, 1.54) is 18.4 Å². The molecule has 0 radical (unpaired) electrons. The lowest BCUT2D eigenvalue weighted by molar-refractivity contribution is 0.0954. The fourth-order valence-electron chi connectivity index (χ4n) is 3.55. The number of hydrazone groups is 1. The number of ether oxygens (including phenoxy) is 2. The van der Waals surface area contributed by atoms with Crippen molar-refractivity contribution in [2.45, 2.75) is 19.3 Å². The molecule has 0 atom stereocenters. The van der Waals surface area contributed by atoms with Gasteiger partial charge in [-0.25, -0.2) is 5.43 Å². The molecular weight excluding hydrogens is 354 g/mol. The van der Waals surface area contributed by atoms with Gasteiger partial charge >= 0.3 is 0 Å². The molecule has 0 aromatic heterocycles. The number of nitrogens with one attached hydrogen (secondary N) is 1. The highest BCUT2D eigenvalue weighted by atomic mass is 16.5. The SMILES string of the molecule is COc1ccc(C(=O)N/N=C\C=C2/N(C)c3ccccc3C2(C)C)cc1OC. The molecule has 0 spiro atoms. The molecule has 2 aromatic rings. The maximum absolute atomic E-state index is 12.3. The van der Waals surface area contributed by atoms with Gasteiger partial charge in [-0.05, 0) is 35.9 Å². The van der Waals surface area contributed by atoms with Gasteiger partial charge in [0.05, 0.1) is 14.2 Å². The van der Waals surface area contributed by atoms with E-state index in [4.69, 9.17) is 9.47 Å². The van der Waals surface area contributed by atoms with E-state index in [9.17, 15) is 4.79 Å². The summed E-state index contributed by atoms with van der Waals surface area (Å²) >= 11 is 0. The van der Waals surface area contributed by atoms with Gasteiger partial charge in [0.25, 0.3) is 5.91 Å². The second-order valence-corrected chi connectivity index (χ2v) is 7.04. The molecule has 0 aliphatic carbocycles. The van der Waals surface area contributed by atoms with E-state index in [-0.39, 0.29) is 11.3 Å². The van der Waals surface area contributed by atoms with Gasteiger partial charge in [-0.1, -0.05) is 32.0 Å². The van der Waals surface area contributed by atoms with Crippen molar-refractivity contribution in [2.75, 3.05) is 26.2 Å². The van der Waals surface area contributed by atoms with Crippen LogP contribution in [-0.2, 0) is 5.41 Å². The molecule has 28 heavy (non-hydrogen) atoms. The van der Waals surface area contributed by atoms with Gasteiger partial charge in [-0.3, -0.25) is 4.79 Å². The van der Waals surface area contributed by atoms with Crippen molar-refractivity contribution in [1.29, 1.82) is 0 Å². The lowest BCUT2D eigenvalue weighted by Crippen LogP contribution is -2.23. The zero-order valence-corrected chi connectivity index (χ0v) is 16.8. The van der Waals surface area contributed by atoms with Crippen molar-refractivity contribution in [3.8, 4) is 11.5 Å². The number of likely N-dealkylation sites (N-methyl/N-ethyl adjacent to an activating group) is 1. The van der Waals surface area contributed by atoms with E-state index >= 15 is 0 Å². The van der Waals surface area contributed by atoms with E-state index < -0.39 is 0 Å². The first kappa shape index (κ1) is 19.5. The van der Waals surface area contributed by atoms with Gasteiger partial charge in [0.1, 0.15) is 0 Å². The number of rotatable bonds is 5. The summed E-state index contributed by atoms with van der Waals surface area (Å²) in [5.74, 6) is 0.740. The Morgan fingerprint density at radius 2 is 1.82 bits per heavy atom. The molecule has 6 heteroatoms. The summed E-state index contributed by atoms with van der Waals surface area (Å²) in [6, 6.07) is 13.3. The number of fused-ring (bicyclic) bond motifs is 1. The number of nitrogens with zero attached hydrogens (tertiary/aromatic N) is 2. The summed E-state index contributed by atoms with van der Waals surface area (Å²) in [4.78, 5) is 14.5. The number of carbonyl (C=O) groups is 1. The number of methoxy groups -OCH3 is 2. The van der Waals surface area contributed by atoms with Crippen molar-refractivity contribution in [3.63, 3.8) is 0 Å². The van der Waals surface area contributed by atoms with Crippen LogP contribution < -0.4 is 19.8 Å². The molecular formula is C22H25N3O3. The monoisotopic (exact) mass is 379 g/mol. The molecule has 146 valence electrons. The topological polar surface area (TPSA) is 63.2 Å². The number of benzene rings is 2. The zero-order valence-electron chi connectivity index (χ0n) is 16.8. The van der Waals surface area contributed by atoms with Gasteiger partial charge in [0, 0.05) is 35.6 Å². The van der Waals surface area contributed by atoms with Crippen LogP contribution in [0.4, 0.5) is 5.69 Å². The van der Waals surface area contributed by atoms with Gasteiger partial charge in [0.15, 0.2) is 11.5 Å². The Labute approximate surface area is 165 Å². The van der Waals surface area contributed by atoms with Crippen LogP contribution in [0.15, 0.2) is 59.3 Å². The van der Waals surface area contributed by atoms with Crippen molar-refractivity contribution in [3.05, 3.63) is 65.4 Å². The maximum atomic E-state index is 12.3. The number of anilines is 1. The lowest BCUT2D eigenvalue weighted by Gasteiger charge is -2.23. The lowest BCUT2D eigenvalue weighted by atomic mass is 9.84. The van der Waals surface area contributed by atoms with Gasteiger partial charge in [0.2, 0.25) is 0 Å². The molecule has 0 unspecified atom stereocenters. The smallest absolute Gasteiger partial charge is 0.271 e. The Balaban J connectivity index is 1.73. The third-order valence-corrected chi connectivity index (χ3v) is 5.06. The highest BCUT2D eigenvalue weighted by molar-refractivity contribution is 5.95. The van der Waals surface area contributed by atoms with E-state index in [2.05, 4.69) is 47.5 Å². The molecule has 0 bridgehead atoms. The molecule has 0 saturated carbocycles. The van der Waals surface area contributed by atoms with Gasteiger partial charge in [-0.15, -0.1) is 0 Å². The largest absolute Gasteiger partial charge is 0.493 e. The summed E-state index contributed by atoms with van der Waals surface area (Å²) in [6.07, 6.45) is 3.53. The number of amides is 1. The number of hydrogen-bond donors (Lipinski definition) is 1. The quantitative estimate of drug-likeness (QED) is 0.635. The van der Waals surface area contributed by atoms with Crippen LogP contribution in [0.3, 0.4) is 0 Å². The molecule has 1 heterocycles. The molecule has 0 fully saturated rings. The van der Waals surface area contributed by atoms with Crippen LogP contribution in [-0.4, -0.2) is 33.4 Å². The summed E-state index contributed by atoms with van der Waals surface area (Å²) in [5.41, 5.74) is 6.41. The molecule has 2 aromatic carbocycles. The molecule has 6 nitrogen and oxygen atoms in total. The van der Waals surface area contributed by atoms with Crippen LogP contribution in [0.1, 0.15) is 29.8 Å². The molecule has 1 amide bonds. The number of carbonyl (C=O) groups excluding carboxylic acids is 1. The number of para-hydroxylation sites is 1. The van der Waals surface area contributed by atoms with Crippen molar-refractivity contribution >= 4 is 17.8 Å². The Morgan fingerprint density at radius 1 is 1.11 bits per heavy atom. The molecule has 3 rings (SSSR count). The van der Waals surface area contributed by atoms with Crippen LogP contribution in [0.25, 0.3) is 0 Å². The second kappa shape index (κ2) is 7.76. The standard InChI is InChI=1S/C22H25N3O3/c1-22(2)16-8-6-7-9-17(16)25(3)20(22)12-13-23-24-21(26)15-10-11-18(27-4)19(14-15)28-5/h6-14H,1-5H3,(H,24,26)/b20-12-,23-13-. The highest BCUT2D eigenvalue weighted by Gasteiger charge is 2.37. The van der Waals surface area contributed by atoms with Crippen LogP contribution in [0, 0.1) is 0 Å². The van der Waals surface area contributed by atoms with E-state index in [0.717, 1.165) is 5.70 Å². The normalized spacial score (nSPS) is 16.3. The Hall–Kier alpha value is -3.28. The number of allylic oxidation sites excluding steroid dienone is 2. The molecule has 1 aliphatic heterocycles.